The van der Waals surface area contributed by atoms with Gasteiger partial charge in [0.15, 0.2) is 0 Å². The molecule has 0 fully saturated rings. The van der Waals surface area contributed by atoms with Gasteiger partial charge in [-0.05, 0) is 29.8 Å². The van der Waals surface area contributed by atoms with Crippen LogP contribution in [0, 0.1) is 11.6 Å². The molecule has 0 atom stereocenters. The van der Waals surface area contributed by atoms with Gasteiger partial charge in [0.25, 0.3) is 0 Å². The van der Waals surface area contributed by atoms with Crippen molar-refractivity contribution in [2.45, 2.75) is 6.54 Å². The summed E-state index contributed by atoms with van der Waals surface area (Å²) >= 11 is 3.42. The molecule has 2 aromatic carbocycles. The van der Waals surface area contributed by atoms with Crippen molar-refractivity contribution >= 4 is 15.9 Å². The van der Waals surface area contributed by atoms with Crippen LogP contribution < -0.4 is 0 Å². The smallest absolute Gasteiger partial charge is 0.140 e. The molecule has 2 nitrogen and oxygen atoms in total. The summed E-state index contributed by atoms with van der Waals surface area (Å²) in [5.41, 5.74) is 1.49. The Balaban J connectivity index is 1.96. The lowest BCUT2D eigenvalue weighted by atomic mass is 10.2. The normalized spacial score (nSPS) is 10.8. The fourth-order valence-corrected chi connectivity index (χ4v) is 2.62. The number of nitrogens with zero attached hydrogens (tertiary/aromatic N) is 2. The van der Waals surface area contributed by atoms with Gasteiger partial charge in [0.1, 0.15) is 17.5 Å². The molecule has 21 heavy (non-hydrogen) atoms. The highest BCUT2D eigenvalue weighted by Gasteiger charge is 2.08. The Labute approximate surface area is 129 Å². The van der Waals surface area contributed by atoms with Crippen molar-refractivity contribution in [2.24, 2.45) is 0 Å². The second-order valence-electron chi connectivity index (χ2n) is 4.67. The largest absolute Gasteiger partial charge is 0.327 e. The number of imidazole rings is 1. The van der Waals surface area contributed by atoms with Crippen LogP contribution in [0.2, 0.25) is 0 Å². The molecule has 0 bridgehead atoms. The second kappa shape index (κ2) is 5.77. The van der Waals surface area contributed by atoms with E-state index in [1.807, 2.05) is 28.8 Å². The van der Waals surface area contributed by atoms with E-state index in [4.69, 9.17) is 0 Å². The van der Waals surface area contributed by atoms with Crippen molar-refractivity contribution in [3.63, 3.8) is 0 Å². The molecule has 0 spiro atoms. The lowest BCUT2D eigenvalue weighted by molar-refractivity contribution is 0.577. The monoisotopic (exact) mass is 348 g/mol. The predicted molar refractivity (Wildman–Crippen MR) is 80.8 cm³/mol. The summed E-state index contributed by atoms with van der Waals surface area (Å²) in [4.78, 5) is 4.32. The molecule has 1 heterocycles. The Kier molecular flexibility index (Phi) is 3.84. The molecule has 0 aliphatic rings. The maximum atomic E-state index is 13.3. The zero-order valence-corrected chi connectivity index (χ0v) is 12.5. The van der Waals surface area contributed by atoms with E-state index in [1.165, 1.54) is 12.1 Å². The minimum absolute atomic E-state index is 0.358. The highest BCUT2D eigenvalue weighted by Crippen LogP contribution is 2.22. The molecule has 0 unspecified atom stereocenters. The van der Waals surface area contributed by atoms with Crippen LogP contribution in [0.3, 0.4) is 0 Å². The quantitative estimate of drug-likeness (QED) is 0.674. The lowest BCUT2D eigenvalue weighted by Gasteiger charge is -2.09. The SMILES string of the molecule is Fc1cc(F)cc(Cn2ccnc2-c2cccc(Br)c2)c1. The molecular weight excluding hydrogens is 338 g/mol. The molecule has 3 aromatic rings. The van der Waals surface area contributed by atoms with Crippen LogP contribution in [-0.2, 0) is 6.54 Å². The molecule has 0 N–H and O–H groups in total. The summed E-state index contributed by atoms with van der Waals surface area (Å²) in [7, 11) is 0. The van der Waals surface area contributed by atoms with Gasteiger partial charge in [-0.2, -0.15) is 0 Å². The standard InChI is InChI=1S/C16H11BrF2N2/c17-13-3-1-2-12(8-13)16-20-4-5-21(16)10-11-6-14(18)9-15(19)7-11/h1-9H,10H2. The topological polar surface area (TPSA) is 17.8 Å². The minimum atomic E-state index is -0.575. The average Bonchev–Trinajstić information content (AvgIpc) is 2.85. The summed E-state index contributed by atoms with van der Waals surface area (Å²) in [5.74, 6) is -0.399. The zero-order valence-electron chi connectivity index (χ0n) is 10.9. The Hall–Kier alpha value is -2.01. The third kappa shape index (κ3) is 3.19. The van der Waals surface area contributed by atoms with Crippen molar-refractivity contribution in [3.05, 3.63) is 76.5 Å². The van der Waals surface area contributed by atoms with Crippen LogP contribution in [0.4, 0.5) is 8.78 Å². The summed E-state index contributed by atoms with van der Waals surface area (Å²) in [6.45, 7) is 0.358. The maximum Gasteiger partial charge on any atom is 0.140 e. The van der Waals surface area contributed by atoms with E-state index in [0.717, 1.165) is 21.9 Å². The van der Waals surface area contributed by atoms with Gasteiger partial charge in [-0.25, -0.2) is 13.8 Å². The zero-order chi connectivity index (χ0) is 14.8. The van der Waals surface area contributed by atoms with E-state index in [2.05, 4.69) is 20.9 Å². The molecule has 0 saturated heterocycles. The molecular formula is C16H11BrF2N2. The van der Waals surface area contributed by atoms with Gasteiger partial charge in [-0.3, -0.25) is 0 Å². The fourth-order valence-electron chi connectivity index (χ4n) is 2.22. The van der Waals surface area contributed by atoms with Crippen molar-refractivity contribution in [2.75, 3.05) is 0 Å². The first kappa shape index (κ1) is 13.9. The Morgan fingerprint density at radius 2 is 1.81 bits per heavy atom. The van der Waals surface area contributed by atoms with Crippen LogP contribution >= 0.6 is 15.9 Å². The minimum Gasteiger partial charge on any atom is -0.327 e. The van der Waals surface area contributed by atoms with Crippen LogP contribution in [0.25, 0.3) is 11.4 Å². The Morgan fingerprint density at radius 1 is 1.05 bits per heavy atom. The van der Waals surface area contributed by atoms with Crippen LogP contribution in [0.15, 0.2) is 59.3 Å². The van der Waals surface area contributed by atoms with Gasteiger partial charge >= 0.3 is 0 Å². The molecule has 0 aliphatic carbocycles. The summed E-state index contributed by atoms with van der Waals surface area (Å²) in [6, 6.07) is 11.3. The van der Waals surface area contributed by atoms with Gasteiger partial charge in [0.2, 0.25) is 0 Å². The van der Waals surface area contributed by atoms with Crippen molar-refractivity contribution in [1.82, 2.24) is 9.55 Å². The highest BCUT2D eigenvalue weighted by atomic mass is 79.9. The first-order chi connectivity index (χ1) is 10.1. The van der Waals surface area contributed by atoms with Gasteiger partial charge in [0, 0.05) is 35.0 Å². The first-order valence-corrected chi connectivity index (χ1v) is 7.13. The van der Waals surface area contributed by atoms with Crippen molar-refractivity contribution < 1.29 is 8.78 Å². The van der Waals surface area contributed by atoms with E-state index in [9.17, 15) is 8.78 Å². The fraction of sp³-hybridized carbons (Fsp3) is 0.0625. The Bertz CT molecular complexity index is 763. The van der Waals surface area contributed by atoms with E-state index in [-0.39, 0.29) is 0 Å². The second-order valence-corrected chi connectivity index (χ2v) is 5.58. The number of hydrogen-bond acceptors (Lipinski definition) is 1. The number of aromatic nitrogens is 2. The van der Waals surface area contributed by atoms with Crippen LogP contribution in [0.5, 0.6) is 0 Å². The van der Waals surface area contributed by atoms with E-state index >= 15 is 0 Å². The number of hydrogen-bond donors (Lipinski definition) is 0. The van der Waals surface area contributed by atoms with E-state index in [1.54, 1.807) is 12.4 Å². The Morgan fingerprint density at radius 3 is 2.52 bits per heavy atom. The van der Waals surface area contributed by atoms with Gasteiger partial charge in [-0.1, -0.05) is 28.1 Å². The summed E-state index contributed by atoms with van der Waals surface area (Å²) in [6.07, 6.45) is 3.46. The first-order valence-electron chi connectivity index (χ1n) is 6.34. The van der Waals surface area contributed by atoms with Gasteiger partial charge in [-0.15, -0.1) is 0 Å². The van der Waals surface area contributed by atoms with Gasteiger partial charge in [0.05, 0.1) is 0 Å². The third-order valence-corrected chi connectivity index (χ3v) is 3.57. The average molecular weight is 349 g/mol. The molecule has 0 saturated carbocycles. The van der Waals surface area contributed by atoms with E-state index < -0.39 is 11.6 Å². The van der Waals surface area contributed by atoms with Crippen molar-refractivity contribution in [1.29, 1.82) is 0 Å². The molecule has 0 amide bonds. The molecule has 3 rings (SSSR count). The van der Waals surface area contributed by atoms with Crippen LogP contribution in [-0.4, -0.2) is 9.55 Å². The molecule has 0 radical (unpaired) electrons. The van der Waals surface area contributed by atoms with E-state index in [0.29, 0.717) is 12.1 Å². The number of rotatable bonds is 3. The predicted octanol–water partition coefficient (Wildman–Crippen LogP) is 4.64. The van der Waals surface area contributed by atoms with Gasteiger partial charge < -0.3 is 4.57 Å². The third-order valence-electron chi connectivity index (χ3n) is 3.07. The van der Waals surface area contributed by atoms with Crippen molar-refractivity contribution in [3.8, 4) is 11.4 Å². The summed E-state index contributed by atoms with van der Waals surface area (Å²) < 4.78 is 29.3. The lowest BCUT2D eigenvalue weighted by Crippen LogP contribution is -2.02. The molecule has 5 heteroatoms. The number of halogens is 3. The van der Waals surface area contributed by atoms with Crippen LogP contribution in [0.1, 0.15) is 5.56 Å². The molecule has 0 aliphatic heterocycles. The highest BCUT2D eigenvalue weighted by molar-refractivity contribution is 9.10. The molecule has 1 aromatic heterocycles. The maximum absolute atomic E-state index is 13.3. The summed E-state index contributed by atoms with van der Waals surface area (Å²) in [5, 5.41) is 0. The molecule has 106 valence electrons. The number of benzene rings is 2.